The quantitative estimate of drug-likeness (QED) is 0.881. The van der Waals surface area contributed by atoms with Crippen molar-refractivity contribution in [2.75, 3.05) is 0 Å². The number of rotatable bonds is 4. The van der Waals surface area contributed by atoms with Crippen LogP contribution in [0.2, 0.25) is 0 Å². The first-order valence-corrected chi connectivity index (χ1v) is 5.21. The number of benzene rings is 1. The van der Waals surface area contributed by atoms with Crippen LogP contribution in [-0.2, 0) is 13.2 Å². The normalized spacial score (nSPS) is 10.2. The second-order valence-electron chi connectivity index (χ2n) is 3.54. The average molecular weight is 233 g/mol. The summed E-state index contributed by atoms with van der Waals surface area (Å²) < 4.78 is 18.7. The Hall–Kier alpha value is -1.94. The van der Waals surface area contributed by atoms with Crippen LogP contribution in [0.1, 0.15) is 11.1 Å². The lowest BCUT2D eigenvalue weighted by molar-refractivity contribution is 0.273. The molecule has 3 nitrogen and oxygen atoms in total. The van der Waals surface area contributed by atoms with E-state index in [2.05, 4.69) is 4.98 Å². The Morgan fingerprint density at radius 2 is 2.06 bits per heavy atom. The maximum atomic E-state index is 13.3. The summed E-state index contributed by atoms with van der Waals surface area (Å²) >= 11 is 0. The molecule has 0 aliphatic heterocycles. The van der Waals surface area contributed by atoms with Crippen molar-refractivity contribution in [3.63, 3.8) is 0 Å². The molecule has 17 heavy (non-hydrogen) atoms. The fourth-order valence-corrected chi connectivity index (χ4v) is 1.39. The van der Waals surface area contributed by atoms with E-state index in [0.29, 0.717) is 17.0 Å². The van der Waals surface area contributed by atoms with Crippen molar-refractivity contribution in [3.8, 4) is 5.88 Å². The van der Waals surface area contributed by atoms with E-state index < -0.39 is 0 Å². The molecule has 0 unspecified atom stereocenters. The van der Waals surface area contributed by atoms with Crippen LogP contribution in [0, 0.1) is 5.82 Å². The van der Waals surface area contributed by atoms with E-state index in [0.717, 1.165) is 0 Å². The molecule has 1 heterocycles. The number of ether oxygens (including phenoxy) is 1. The number of pyridine rings is 1. The molecule has 0 aliphatic carbocycles. The van der Waals surface area contributed by atoms with Gasteiger partial charge in [0.25, 0.3) is 0 Å². The Bertz CT molecular complexity index is 502. The molecule has 4 heteroatoms. The van der Waals surface area contributed by atoms with Gasteiger partial charge in [0.05, 0.1) is 6.61 Å². The Kier molecular flexibility index (Phi) is 3.67. The van der Waals surface area contributed by atoms with Crippen molar-refractivity contribution in [2.24, 2.45) is 0 Å². The Morgan fingerprint density at radius 3 is 2.82 bits per heavy atom. The van der Waals surface area contributed by atoms with E-state index in [1.807, 2.05) is 0 Å². The van der Waals surface area contributed by atoms with Gasteiger partial charge in [-0.25, -0.2) is 9.37 Å². The van der Waals surface area contributed by atoms with Gasteiger partial charge >= 0.3 is 0 Å². The summed E-state index contributed by atoms with van der Waals surface area (Å²) in [6.45, 7) is 0.0487. The summed E-state index contributed by atoms with van der Waals surface area (Å²) in [6.07, 6.45) is 1.54. The Morgan fingerprint density at radius 1 is 1.24 bits per heavy atom. The van der Waals surface area contributed by atoms with Crippen molar-refractivity contribution in [1.29, 1.82) is 0 Å². The summed E-state index contributed by atoms with van der Waals surface area (Å²) in [4.78, 5) is 3.98. The predicted molar refractivity (Wildman–Crippen MR) is 60.9 cm³/mol. The van der Waals surface area contributed by atoms with Crippen LogP contribution in [0.25, 0.3) is 0 Å². The van der Waals surface area contributed by atoms with Crippen LogP contribution < -0.4 is 4.74 Å². The molecule has 2 aromatic rings. The first kappa shape index (κ1) is 11.5. The molecule has 0 saturated carbocycles. The summed E-state index contributed by atoms with van der Waals surface area (Å²) in [7, 11) is 0. The molecule has 0 radical (unpaired) electrons. The van der Waals surface area contributed by atoms with Crippen LogP contribution in [-0.4, -0.2) is 10.1 Å². The van der Waals surface area contributed by atoms with E-state index in [9.17, 15) is 4.39 Å². The van der Waals surface area contributed by atoms with Gasteiger partial charge in [0, 0.05) is 17.8 Å². The van der Waals surface area contributed by atoms with Crippen LogP contribution in [0.5, 0.6) is 5.88 Å². The first-order valence-electron chi connectivity index (χ1n) is 5.21. The van der Waals surface area contributed by atoms with Gasteiger partial charge in [-0.15, -0.1) is 0 Å². The molecule has 1 N–H and O–H groups in total. The molecular weight excluding hydrogens is 221 g/mol. The minimum Gasteiger partial charge on any atom is -0.473 e. The first-order chi connectivity index (χ1) is 8.29. The maximum Gasteiger partial charge on any atom is 0.213 e. The zero-order chi connectivity index (χ0) is 12.1. The standard InChI is InChI=1S/C13H12FNO2/c14-12-4-2-1-3-11(12)9-17-13-7-10(8-16)5-6-15-13/h1-7,16H,8-9H2. The van der Waals surface area contributed by atoms with E-state index in [-0.39, 0.29) is 19.0 Å². The SMILES string of the molecule is OCc1ccnc(OCc2ccccc2F)c1. The molecule has 1 aromatic heterocycles. The number of hydrogen-bond acceptors (Lipinski definition) is 3. The van der Waals surface area contributed by atoms with Crippen molar-refractivity contribution >= 4 is 0 Å². The van der Waals surface area contributed by atoms with Crippen molar-refractivity contribution < 1.29 is 14.2 Å². The number of aliphatic hydroxyl groups is 1. The smallest absolute Gasteiger partial charge is 0.213 e. The highest BCUT2D eigenvalue weighted by Gasteiger charge is 2.02. The molecule has 0 atom stereocenters. The lowest BCUT2D eigenvalue weighted by Gasteiger charge is -2.06. The fourth-order valence-electron chi connectivity index (χ4n) is 1.39. The zero-order valence-electron chi connectivity index (χ0n) is 9.14. The molecule has 88 valence electrons. The van der Waals surface area contributed by atoms with E-state index >= 15 is 0 Å². The average Bonchev–Trinajstić information content (AvgIpc) is 2.38. The van der Waals surface area contributed by atoms with Crippen LogP contribution in [0.4, 0.5) is 4.39 Å². The predicted octanol–water partition coefficient (Wildman–Crippen LogP) is 2.29. The van der Waals surface area contributed by atoms with Gasteiger partial charge in [0.1, 0.15) is 12.4 Å². The molecule has 2 rings (SSSR count). The topological polar surface area (TPSA) is 42.4 Å². The molecule has 0 spiro atoms. The second-order valence-corrected chi connectivity index (χ2v) is 3.54. The second kappa shape index (κ2) is 5.41. The highest BCUT2D eigenvalue weighted by molar-refractivity contribution is 5.21. The van der Waals surface area contributed by atoms with Crippen LogP contribution >= 0.6 is 0 Å². The number of halogens is 1. The van der Waals surface area contributed by atoms with Crippen LogP contribution in [0.15, 0.2) is 42.6 Å². The molecule has 0 aliphatic rings. The lowest BCUT2D eigenvalue weighted by Crippen LogP contribution is -2.00. The third kappa shape index (κ3) is 3.01. The largest absolute Gasteiger partial charge is 0.473 e. The van der Waals surface area contributed by atoms with Crippen LogP contribution in [0.3, 0.4) is 0 Å². The fraction of sp³-hybridized carbons (Fsp3) is 0.154. The van der Waals surface area contributed by atoms with Gasteiger partial charge in [-0.1, -0.05) is 18.2 Å². The Balaban J connectivity index is 2.05. The summed E-state index contributed by atoms with van der Waals surface area (Å²) in [5, 5.41) is 8.95. The van der Waals surface area contributed by atoms with Gasteiger partial charge in [-0.05, 0) is 17.7 Å². The minimum atomic E-state index is -0.300. The molecule has 0 amide bonds. The third-order valence-electron chi connectivity index (χ3n) is 2.32. The molecule has 0 bridgehead atoms. The number of hydrogen-bond donors (Lipinski definition) is 1. The van der Waals surface area contributed by atoms with Crippen molar-refractivity contribution in [2.45, 2.75) is 13.2 Å². The zero-order valence-corrected chi connectivity index (χ0v) is 9.14. The van der Waals surface area contributed by atoms with Gasteiger partial charge in [0.2, 0.25) is 5.88 Å². The van der Waals surface area contributed by atoms with Crippen molar-refractivity contribution in [3.05, 3.63) is 59.5 Å². The highest BCUT2D eigenvalue weighted by atomic mass is 19.1. The third-order valence-corrected chi connectivity index (χ3v) is 2.32. The van der Waals surface area contributed by atoms with Gasteiger partial charge in [0.15, 0.2) is 0 Å². The molecular formula is C13H12FNO2. The van der Waals surface area contributed by atoms with Gasteiger partial charge in [-0.3, -0.25) is 0 Å². The lowest BCUT2D eigenvalue weighted by atomic mass is 10.2. The number of nitrogens with zero attached hydrogens (tertiary/aromatic N) is 1. The number of aromatic nitrogens is 1. The summed E-state index contributed by atoms with van der Waals surface area (Å²) in [6, 6.07) is 9.74. The molecule has 1 aromatic carbocycles. The highest BCUT2D eigenvalue weighted by Crippen LogP contribution is 2.13. The molecule has 0 fully saturated rings. The van der Waals surface area contributed by atoms with Crippen molar-refractivity contribution in [1.82, 2.24) is 4.98 Å². The summed E-state index contributed by atoms with van der Waals surface area (Å²) in [5.41, 5.74) is 1.19. The maximum absolute atomic E-state index is 13.3. The monoisotopic (exact) mass is 233 g/mol. The van der Waals surface area contributed by atoms with Gasteiger partial charge in [-0.2, -0.15) is 0 Å². The summed E-state index contributed by atoms with van der Waals surface area (Å²) in [5.74, 6) is 0.0746. The number of aliphatic hydroxyl groups excluding tert-OH is 1. The van der Waals surface area contributed by atoms with E-state index in [1.165, 1.54) is 6.07 Å². The van der Waals surface area contributed by atoms with E-state index in [1.54, 1.807) is 36.5 Å². The van der Waals surface area contributed by atoms with Gasteiger partial charge < -0.3 is 9.84 Å². The minimum absolute atomic E-state index is 0.0709. The Labute approximate surface area is 98.5 Å². The van der Waals surface area contributed by atoms with E-state index in [4.69, 9.17) is 9.84 Å². The molecule has 0 saturated heterocycles.